The first kappa shape index (κ1) is 21.5. The van der Waals surface area contributed by atoms with Crippen molar-refractivity contribution in [2.75, 3.05) is 46.5 Å². The summed E-state index contributed by atoms with van der Waals surface area (Å²) < 4.78 is 25.5. The van der Waals surface area contributed by atoms with Crippen LogP contribution in [0.5, 0.6) is 5.75 Å². The molecule has 2 aliphatic heterocycles. The monoisotopic (exact) mass is 380 g/mol. The summed E-state index contributed by atoms with van der Waals surface area (Å²) >= 11 is 0. The van der Waals surface area contributed by atoms with Crippen LogP contribution in [0.4, 0.5) is 4.39 Å². The highest BCUT2D eigenvalue weighted by atomic mass is 35.5. The molecule has 7 heteroatoms. The lowest BCUT2D eigenvalue weighted by Gasteiger charge is -2.41. The minimum Gasteiger partial charge on any atom is -0.494 e. The Kier molecular flexibility index (Phi) is 9.31. The fraction of sp³-hybridized carbons (Fsp3) is 0.647. The summed E-state index contributed by atoms with van der Waals surface area (Å²) in [7, 11) is 1.52. The zero-order valence-corrected chi connectivity index (χ0v) is 15.6. The molecule has 1 aromatic rings. The Bertz CT molecular complexity index is 477. The molecule has 1 aromatic carbocycles. The van der Waals surface area contributed by atoms with E-state index in [1.807, 2.05) is 12.1 Å². The van der Waals surface area contributed by atoms with Crippen LogP contribution in [-0.2, 0) is 4.74 Å². The fourth-order valence-corrected chi connectivity index (χ4v) is 3.65. The third-order valence-corrected chi connectivity index (χ3v) is 4.79. The standard InChI is InChI=1S/C17H25FN2O2.2ClH/c1-21-15-4-2-3-14(16(15)18)17(13-5-11-22-12-6-13)20-9-7-19-8-10-20;;/h2-4,13,17,19H,5-12H2,1H3;2*1H/t17-;;/m0../s1. The Morgan fingerprint density at radius 3 is 2.50 bits per heavy atom. The molecule has 24 heavy (non-hydrogen) atoms. The van der Waals surface area contributed by atoms with Crippen LogP contribution in [0.25, 0.3) is 0 Å². The van der Waals surface area contributed by atoms with Gasteiger partial charge in [0.2, 0.25) is 0 Å². The van der Waals surface area contributed by atoms with Crippen molar-refractivity contribution < 1.29 is 13.9 Å². The smallest absolute Gasteiger partial charge is 0.169 e. The van der Waals surface area contributed by atoms with Gasteiger partial charge in [-0.15, -0.1) is 24.8 Å². The summed E-state index contributed by atoms with van der Waals surface area (Å²) in [5, 5.41) is 3.38. The van der Waals surface area contributed by atoms with Crippen molar-refractivity contribution in [2.24, 2.45) is 5.92 Å². The molecule has 0 bridgehead atoms. The van der Waals surface area contributed by atoms with Gasteiger partial charge in [0, 0.05) is 51.0 Å². The predicted octanol–water partition coefficient (Wildman–Crippen LogP) is 3.05. The molecule has 0 aliphatic carbocycles. The van der Waals surface area contributed by atoms with E-state index in [4.69, 9.17) is 9.47 Å². The van der Waals surface area contributed by atoms with E-state index in [1.165, 1.54) is 7.11 Å². The van der Waals surface area contributed by atoms with Crippen molar-refractivity contribution in [3.63, 3.8) is 0 Å². The summed E-state index contributed by atoms with van der Waals surface area (Å²) in [5.74, 6) is 0.568. The molecule has 138 valence electrons. The van der Waals surface area contributed by atoms with Gasteiger partial charge in [0.1, 0.15) is 0 Å². The van der Waals surface area contributed by atoms with Crippen LogP contribution < -0.4 is 10.1 Å². The molecular formula is C17H27Cl2FN2O2. The van der Waals surface area contributed by atoms with E-state index in [2.05, 4.69) is 10.2 Å². The van der Waals surface area contributed by atoms with Crippen LogP contribution in [0, 0.1) is 11.7 Å². The summed E-state index contributed by atoms with van der Waals surface area (Å²) in [4.78, 5) is 2.42. The van der Waals surface area contributed by atoms with Gasteiger partial charge < -0.3 is 14.8 Å². The normalized spacial score (nSPS) is 20.6. The predicted molar refractivity (Wildman–Crippen MR) is 98.2 cm³/mol. The molecule has 0 spiro atoms. The van der Waals surface area contributed by atoms with Crippen LogP contribution in [0.1, 0.15) is 24.4 Å². The van der Waals surface area contributed by atoms with E-state index in [0.717, 1.165) is 57.8 Å². The van der Waals surface area contributed by atoms with Crippen molar-refractivity contribution in [3.05, 3.63) is 29.6 Å². The van der Waals surface area contributed by atoms with Gasteiger partial charge in [0.15, 0.2) is 11.6 Å². The quantitative estimate of drug-likeness (QED) is 0.870. The van der Waals surface area contributed by atoms with E-state index in [-0.39, 0.29) is 36.7 Å². The molecule has 3 rings (SSSR count). The average Bonchev–Trinajstić information content (AvgIpc) is 2.59. The summed E-state index contributed by atoms with van der Waals surface area (Å²) in [6, 6.07) is 5.62. The highest BCUT2D eigenvalue weighted by Crippen LogP contribution is 2.38. The van der Waals surface area contributed by atoms with Crippen LogP contribution in [0.2, 0.25) is 0 Å². The number of methoxy groups -OCH3 is 1. The average molecular weight is 381 g/mol. The van der Waals surface area contributed by atoms with Crippen LogP contribution in [-0.4, -0.2) is 51.4 Å². The Labute approximate surface area is 155 Å². The van der Waals surface area contributed by atoms with E-state index < -0.39 is 0 Å². The number of piperazine rings is 1. The maximum absolute atomic E-state index is 14.8. The van der Waals surface area contributed by atoms with Gasteiger partial charge in [-0.05, 0) is 24.8 Å². The first-order valence-corrected chi connectivity index (χ1v) is 8.16. The van der Waals surface area contributed by atoms with Crippen molar-refractivity contribution >= 4 is 24.8 Å². The van der Waals surface area contributed by atoms with Gasteiger partial charge in [-0.25, -0.2) is 4.39 Å². The number of nitrogens with one attached hydrogen (secondary N) is 1. The molecule has 2 aliphatic rings. The Morgan fingerprint density at radius 2 is 1.88 bits per heavy atom. The number of benzene rings is 1. The molecule has 1 N–H and O–H groups in total. The first-order valence-electron chi connectivity index (χ1n) is 8.16. The van der Waals surface area contributed by atoms with Crippen molar-refractivity contribution in [2.45, 2.75) is 18.9 Å². The third kappa shape index (κ3) is 4.73. The number of nitrogens with zero attached hydrogens (tertiary/aromatic N) is 1. The maximum Gasteiger partial charge on any atom is 0.169 e. The molecular weight excluding hydrogens is 354 g/mol. The largest absolute Gasteiger partial charge is 0.494 e. The molecule has 0 radical (unpaired) electrons. The number of hydrogen-bond donors (Lipinski definition) is 1. The highest BCUT2D eigenvalue weighted by molar-refractivity contribution is 5.85. The Hall–Kier alpha value is -0.590. The van der Waals surface area contributed by atoms with E-state index in [1.54, 1.807) is 6.07 Å². The van der Waals surface area contributed by atoms with Gasteiger partial charge in [-0.1, -0.05) is 12.1 Å². The first-order chi connectivity index (χ1) is 10.8. The number of hydrogen-bond acceptors (Lipinski definition) is 4. The zero-order valence-electron chi connectivity index (χ0n) is 14.0. The second kappa shape index (κ2) is 10.4. The lowest BCUT2D eigenvalue weighted by Crippen LogP contribution is -2.47. The van der Waals surface area contributed by atoms with E-state index in [0.29, 0.717) is 11.7 Å². The van der Waals surface area contributed by atoms with Gasteiger partial charge in [0.05, 0.1) is 7.11 Å². The zero-order chi connectivity index (χ0) is 15.4. The van der Waals surface area contributed by atoms with E-state index >= 15 is 0 Å². The molecule has 0 unspecified atom stereocenters. The highest BCUT2D eigenvalue weighted by Gasteiger charge is 2.33. The van der Waals surface area contributed by atoms with Crippen LogP contribution in [0.15, 0.2) is 18.2 Å². The Balaban J connectivity index is 0.00000144. The molecule has 2 fully saturated rings. The fourth-order valence-electron chi connectivity index (χ4n) is 3.65. The van der Waals surface area contributed by atoms with Crippen molar-refractivity contribution in [3.8, 4) is 5.75 Å². The van der Waals surface area contributed by atoms with Gasteiger partial charge in [-0.2, -0.15) is 0 Å². The molecule has 2 heterocycles. The molecule has 0 saturated carbocycles. The van der Waals surface area contributed by atoms with Crippen molar-refractivity contribution in [1.29, 1.82) is 0 Å². The molecule has 0 amide bonds. The van der Waals surface area contributed by atoms with Crippen molar-refractivity contribution in [1.82, 2.24) is 10.2 Å². The lowest BCUT2D eigenvalue weighted by molar-refractivity contribution is 0.0202. The van der Waals surface area contributed by atoms with Gasteiger partial charge in [-0.3, -0.25) is 4.90 Å². The Morgan fingerprint density at radius 1 is 1.21 bits per heavy atom. The number of halogens is 3. The van der Waals surface area contributed by atoms with Crippen LogP contribution in [0.3, 0.4) is 0 Å². The second-order valence-corrected chi connectivity index (χ2v) is 6.04. The summed E-state index contributed by atoms with van der Waals surface area (Å²) in [6.45, 7) is 5.39. The number of rotatable bonds is 4. The summed E-state index contributed by atoms with van der Waals surface area (Å²) in [5.41, 5.74) is 0.771. The summed E-state index contributed by atoms with van der Waals surface area (Å²) in [6.07, 6.45) is 1.98. The number of ether oxygens (including phenoxy) is 2. The molecule has 0 aromatic heterocycles. The minimum atomic E-state index is -0.208. The minimum absolute atomic E-state index is 0. The topological polar surface area (TPSA) is 33.7 Å². The van der Waals surface area contributed by atoms with Gasteiger partial charge in [0.25, 0.3) is 0 Å². The SMILES string of the molecule is COc1cccc([C@H](C2CCOCC2)N2CCNCC2)c1F.Cl.Cl. The maximum atomic E-state index is 14.8. The van der Waals surface area contributed by atoms with Gasteiger partial charge >= 0.3 is 0 Å². The lowest BCUT2D eigenvalue weighted by atomic mass is 9.85. The second-order valence-electron chi connectivity index (χ2n) is 6.04. The third-order valence-electron chi connectivity index (χ3n) is 4.79. The molecule has 2 saturated heterocycles. The van der Waals surface area contributed by atoms with E-state index in [9.17, 15) is 4.39 Å². The molecule has 4 nitrogen and oxygen atoms in total. The van der Waals surface area contributed by atoms with Crippen LogP contribution >= 0.6 is 24.8 Å². The molecule has 1 atom stereocenters.